The van der Waals surface area contributed by atoms with E-state index >= 15 is 0 Å². The second-order valence-corrected chi connectivity index (χ2v) is 4.89. The van der Waals surface area contributed by atoms with Crippen LogP contribution in [0.4, 0.5) is 0 Å². The molecule has 0 atom stereocenters. The van der Waals surface area contributed by atoms with Gasteiger partial charge < -0.3 is 5.32 Å². The molecule has 0 saturated heterocycles. The summed E-state index contributed by atoms with van der Waals surface area (Å²) in [6.45, 7) is 7.02. The molecule has 0 bridgehead atoms. The van der Waals surface area contributed by atoms with E-state index in [0.29, 0.717) is 5.41 Å². The van der Waals surface area contributed by atoms with Crippen LogP contribution in [0.3, 0.4) is 0 Å². The number of hydrogen-bond acceptors (Lipinski definition) is 1. The van der Waals surface area contributed by atoms with E-state index in [1.807, 2.05) is 13.8 Å². The maximum Gasteiger partial charge on any atom is 0.222 e. The predicted octanol–water partition coefficient (Wildman–Crippen LogP) is 2.34. The first-order chi connectivity index (χ1) is 6.03. The highest BCUT2D eigenvalue weighted by atomic mass is 16.1. The molecule has 0 aromatic carbocycles. The minimum atomic E-state index is 0.116. The zero-order valence-corrected chi connectivity index (χ0v) is 9.02. The average Bonchev–Trinajstić information content (AvgIpc) is 2.48. The maximum atomic E-state index is 11.3. The molecule has 0 heterocycles. The molecule has 0 unspecified atom stereocenters. The minimum absolute atomic E-state index is 0.116. The van der Waals surface area contributed by atoms with Crippen molar-refractivity contribution >= 4 is 5.91 Å². The van der Waals surface area contributed by atoms with Crippen molar-refractivity contribution in [3.05, 3.63) is 0 Å². The first kappa shape index (κ1) is 10.6. The van der Waals surface area contributed by atoms with Crippen LogP contribution in [0.25, 0.3) is 0 Å². The molecule has 13 heavy (non-hydrogen) atoms. The quantitative estimate of drug-likeness (QED) is 0.715. The number of carbonyl (C=O) groups excluding carboxylic acids is 1. The Morgan fingerprint density at radius 3 is 2.38 bits per heavy atom. The van der Waals surface area contributed by atoms with Crippen molar-refractivity contribution in [3.8, 4) is 0 Å². The third-order valence-corrected chi connectivity index (χ3v) is 3.02. The van der Waals surface area contributed by atoms with Gasteiger partial charge in [0.1, 0.15) is 0 Å². The third-order valence-electron chi connectivity index (χ3n) is 3.02. The molecule has 76 valence electrons. The molecule has 2 heteroatoms. The Labute approximate surface area is 81.1 Å². The number of nitrogens with one attached hydrogen (secondary N) is 1. The van der Waals surface area contributed by atoms with Gasteiger partial charge in [0, 0.05) is 12.5 Å². The van der Waals surface area contributed by atoms with E-state index < -0.39 is 0 Å². The molecule has 0 spiro atoms. The smallest absolute Gasteiger partial charge is 0.222 e. The van der Waals surface area contributed by atoms with Gasteiger partial charge in [0.2, 0.25) is 5.91 Å². The van der Waals surface area contributed by atoms with Crippen LogP contribution < -0.4 is 5.32 Å². The van der Waals surface area contributed by atoms with Crippen LogP contribution in [0.15, 0.2) is 0 Å². The Morgan fingerprint density at radius 2 is 1.92 bits per heavy atom. The van der Waals surface area contributed by atoms with Crippen LogP contribution in [0.2, 0.25) is 0 Å². The van der Waals surface area contributed by atoms with Crippen LogP contribution in [0, 0.1) is 11.3 Å². The Bertz CT molecular complexity index is 181. The lowest BCUT2D eigenvalue weighted by Crippen LogP contribution is -2.36. The summed E-state index contributed by atoms with van der Waals surface area (Å²) in [5.41, 5.74) is 0.380. The molecule has 0 aromatic heterocycles. The Balaban J connectivity index is 2.29. The molecule has 1 aliphatic rings. The Hall–Kier alpha value is -0.530. The van der Waals surface area contributed by atoms with Gasteiger partial charge in [0.25, 0.3) is 0 Å². The van der Waals surface area contributed by atoms with E-state index in [2.05, 4.69) is 12.2 Å². The fourth-order valence-electron chi connectivity index (χ4n) is 1.91. The summed E-state index contributed by atoms with van der Waals surface area (Å²) >= 11 is 0. The van der Waals surface area contributed by atoms with Gasteiger partial charge in [-0.25, -0.2) is 0 Å². The SMILES string of the molecule is CC(C)C(=O)NCC1(C)CCCC1. The predicted molar refractivity (Wildman–Crippen MR) is 54.4 cm³/mol. The standard InChI is InChI=1S/C11H21NO/c1-9(2)10(13)12-8-11(3)6-4-5-7-11/h9H,4-8H2,1-3H3,(H,12,13). The Kier molecular flexibility index (Phi) is 3.34. The molecule has 2 nitrogen and oxygen atoms in total. The van der Waals surface area contributed by atoms with E-state index in [4.69, 9.17) is 0 Å². The number of hydrogen-bond donors (Lipinski definition) is 1. The van der Waals surface area contributed by atoms with Crippen LogP contribution in [0.1, 0.15) is 46.5 Å². The summed E-state index contributed by atoms with van der Waals surface area (Å²) in [6, 6.07) is 0. The summed E-state index contributed by atoms with van der Waals surface area (Å²) in [4.78, 5) is 11.3. The summed E-state index contributed by atoms with van der Waals surface area (Å²) in [5.74, 6) is 0.304. The van der Waals surface area contributed by atoms with Gasteiger partial charge in [0.05, 0.1) is 0 Å². The molecule has 0 aliphatic heterocycles. The Morgan fingerprint density at radius 1 is 1.38 bits per heavy atom. The lowest BCUT2D eigenvalue weighted by molar-refractivity contribution is -0.124. The van der Waals surface area contributed by atoms with E-state index in [-0.39, 0.29) is 11.8 Å². The first-order valence-electron chi connectivity index (χ1n) is 5.31. The van der Waals surface area contributed by atoms with Gasteiger partial charge in [0.15, 0.2) is 0 Å². The largest absolute Gasteiger partial charge is 0.355 e. The molecule has 1 rings (SSSR count). The second kappa shape index (κ2) is 4.12. The molecular weight excluding hydrogens is 162 g/mol. The van der Waals surface area contributed by atoms with Crippen molar-refractivity contribution < 1.29 is 4.79 Å². The van der Waals surface area contributed by atoms with Crippen LogP contribution in [-0.4, -0.2) is 12.5 Å². The molecule has 1 N–H and O–H groups in total. The van der Waals surface area contributed by atoms with E-state index in [9.17, 15) is 4.79 Å². The minimum Gasteiger partial charge on any atom is -0.355 e. The van der Waals surface area contributed by atoms with E-state index in [1.165, 1.54) is 25.7 Å². The van der Waals surface area contributed by atoms with Gasteiger partial charge >= 0.3 is 0 Å². The van der Waals surface area contributed by atoms with Crippen molar-refractivity contribution in [1.82, 2.24) is 5.32 Å². The lowest BCUT2D eigenvalue weighted by Gasteiger charge is -2.24. The zero-order chi connectivity index (χ0) is 9.90. The average molecular weight is 183 g/mol. The van der Waals surface area contributed by atoms with E-state index in [0.717, 1.165) is 6.54 Å². The molecular formula is C11H21NO. The fraction of sp³-hybridized carbons (Fsp3) is 0.909. The van der Waals surface area contributed by atoms with Crippen molar-refractivity contribution in [2.45, 2.75) is 46.5 Å². The molecule has 0 aromatic rings. The monoisotopic (exact) mass is 183 g/mol. The van der Waals surface area contributed by atoms with Crippen LogP contribution >= 0.6 is 0 Å². The highest BCUT2D eigenvalue weighted by Gasteiger charge is 2.28. The van der Waals surface area contributed by atoms with Gasteiger partial charge in [-0.2, -0.15) is 0 Å². The lowest BCUT2D eigenvalue weighted by atomic mass is 9.89. The number of carbonyl (C=O) groups is 1. The molecule has 1 amide bonds. The first-order valence-corrected chi connectivity index (χ1v) is 5.31. The van der Waals surface area contributed by atoms with Gasteiger partial charge in [-0.15, -0.1) is 0 Å². The second-order valence-electron chi connectivity index (χ2n) is 4.89. The molecule has 1 aliphatic carbocycles. The van der Waals surface area contributed by atoms with Gasteiger partial charge in [-0.3, -0.25) is 4.79 Å². The molecule has 1 saturated carbocycles. The van der Waals surface area contributed by atoms with Crippen molar-refractivity contribution in [2.24, 2.45) is 11.3 Å². The van der Waals surface area contributed by atoms with Gasteiger partial charge in [-0.1, -0.05) is 33.6 Å². The number of rotatable bonds is 3. The summed E-state index contributed by atoms with van der Waals surface area (Å²) in [7, 11) is 0. The highest BCUT2D eigenvalue weighted by molar-refractivity contribution is 5.77. The fourth-order valence-corrected chi connectivity index (χ4v) is 1.91. The summed E-state index contributed by atoms with van der Waals surface area (Å²) < 4.78 is 0. The van der Waals surface area contributed by atoms with Crippen molar-refractivity contribution in [1.29, 1.82) is 0 Å². The zero-order valence-electron chi connectivity index (χ0n) is 9.02. The normalized spacial score (nSPS) is 20.6. The van der Waals surface area contributed by atoms with Crippen molar-refractivity contribution in [2.75, 3.05) is 6.54 Å². The number of amides is 1. The highest BCUT2D eigenvalue weighted by Crippen LogP contribution is 2.36. The molecule has 1 fully saturated rings. The van der Waals surface area contributed by atoms with Crippen molar-refractivity contribution in [3.63, 3.8) is 0 Å². The maximum absolute atomic E-state index is 11.3. The van der Waals surface area contributed by atoms with Crippen LogP contribution in [-0.2, 0) is 4.79 Å². The summed E-state index contributed by atoms with van der Waals surface area (Å²) in [6.07, 6.45) is 5.19. The van der Waals surface area contributed by atoms with Crippen LogP contribution in [0.5, 0.6) is 0 Å². The van der Waals surface area contributed by atoms with E-state index in [1.54, 1.807) is 0 Å². The third kappa shape index (κ3) is 3.02. The summed E-state index contributed by atoms with van der Waals surface area (Å²) in [5, 5.41) is 3.03. The topological polar surface area (TPSA) is 29.1 Å². The molecule has 0 radical (unpaired) electrons. The van der Waals surface area contributed by atoms with Gasteiger partial charge in [-0.05, 0) is 18.3 Å².